The number of nitriles is 1. The minimum absolute atomic E-state index is 0.143. The summed E-state index contributed by atoms with van der Waals surface area (Å²) in [5.74, 6) is 0.300. The van der Waals surface area contributed by atoms with Crippen molar-refractivity contribution >= 4 is 34.8 Å². The van der Waals surface area contributed by atoms with E-state index in [4.69, 9.17) is 32.7 Å². The third-order valence-corrected chi connectivity index (χ3v) is 5.45. The summed E-state index contributed by atoms with van der Waals surface area (Å²) in [7, 11) is 0. The van der Waals surface area contributed by atoms with Gasteiger partial charge in [0.05, 0.1) is 12.0 Å². The van der Waals surface area contributed by atoms with E-state index in [9.17, 15) is 10.1 Å². The number of halogens is 2. The lowest BCUT2D eigenvalue weighted by molar-refractivity contribution is 0.102. The minimum atomic E-state index is -0.549. The number of nitrogens with zero attached hydrogens (tertiary/aromatic N) is 1. The van der Waals surface area contributed by atoms with Gasteiger partial charge in [0.15, 0.2) is 11.5 Å². The van der Waals surface area contributed by atoms with Crippen molar-refractivity contribution < 1.29 is 14.3 Å². The van der Waals surface area contributed by atoms with E-state index in [1.807, 2.05) is 13.0 Å². The van der Waals surface area contributed by atoms with E-state index in [0.717, 1.165) is 11.1 Å². The van der Waals surface area contributed by atoms with Gasteiger partial charge in [-0.2, -0.15) is 5.26 Å². The average Bonchev–Trinajstić information content (AvgIpc) is 3.21. The third-order valence-electron chi connectivity index (χ3n) is 4.87. The molecule has 1 unspecified atom stereocenters. The highest BCUT2D eigenvalue weighted by atomic mass is 35.5. The van der Waals surface area contributed by atoms with E-state index >= 15 is 0 Å². The number of ether oxygens (including phenoxy) is 2. The molecule has 1 amide bonds. The summed E-state index contributed by atoms with van der Waals surface area (Å²) in [5.41, 5.74) is 3.26. The van der Waals surface area contributed by atoms with Crippen LogP contribution < -0.4 is 14.8 Å². The van der Waals surface area contributed by atoms with Crippen molar-refractivity contribution in [2.24, 2.45) is 0 Å². The highest BCUT2D eigenvalue weighted by Crippen LogP contribution is 2.35. The molecule has 0 fully saturated rings. The second-order valence-corrected chi connectivity index (χ2v) is 7.67. The Hall–Kier alpha value is -3.20. The van der Waals surface area contributed by atoms with Crippen molar-refractivity contribution in [2.75, 3.05) is 12.1 Å². The fraction of sp³-hybridized carbons (Fsp3) is 0.130. The standard InChI is InChI=1S/C23H16Cl2N2O3/c1-13-8-17(18(11-26)14-2-5-16(24)6-3-14)19(25)10-20(13)27-23(28)15-4-7-21-22(9-15)30-12-29-21/h2-10,18H,12H2,1H3,(H,27,28). The number of aryl methyl sites for hydroxylation is 1. The molecular formula is C23H16Cl2N2O3. The predicted molar refractivity (Wildman–Crippen MR) is 116 cm³/mol. The normalized spacial score (nSPS) is 12.9. The van der Waals surface area contributed by atoms with Crippen LogP contribution in [0.4, 0.5) is 5.69 Å². The molecule has 4 rings (SSSR count). The van der Waals surface area contributed by atoms with Gasteiger partial charge in [-0.1, -0.05) is 41.4 Å². The van der Waals surface area contributed by atoms with Crippen LogP contribution in [0.2, 0.25) is 10.0 Å². The van der Waals surface area contributed by atoms with Crippen LogP contribution in [0, 0.1) is 18.3 Å². The molecule has 0 aliphatic carbocycles. The maximum atomic E-state index is 12.7. The van der Waals surface area contributed by atoms with E-state index in [1.165, 1.54) is 0 Å². The van der Waals surface area contributed by atoms with Gasteiger partial charge in [0.1, 0.15) is 0 Å². The molecule has 1 aliphatic heterocycles. The zero-order valence-corrected chi connectivity index (χ0v) is 17.4. The maximum absolute atomic E-state index is 12.7. The second kappa shape index (κ2) is 8.27. The Kier molecular flexibility index (Phi) is 5.54. The van der Waals surface area contributed by atoms with Crippen LogP contribution in [0.1, 0.15) is 33.0 Å². The van der Waals surface area contributed by atoms with Crippen molar-refractivity contribution in [3.8, 4) is 17.6 Å². The van der Waals surface area contributed by atoms with Gasteiger partial charge in [-0.15, -0.1) is 0 Å². The summed E-state index contributed by atoms with van der Waals surface area (Å²) >= 11 is 12.4. The fourth-order valence-electron chi connectivity index (χ4n) is 3.27. The van der Waals surface area contributed by atoms with Gasteiger partial charge in [0, 0.05) is 21.3 Å². The number of rotatable bonds is 4. The first-order chi connectivity index (χ1) is 14.5. The van der Waals surface area contributed by atoms with Crippen molar-refractivity contribution in [2.45, 2.75) is 12.8 Å². The van der Waals surface area contributed by atoms with Crippen molar-refractivity contribution in [1.82, 2.24) is 0 Å². The van der Waals surface area contributed by atoms with Crippen molar-refractivity contribution in [3.05, 3.63) is 86.9 Å². The Morgan fingerprint density at radius 2 is 1.80 bits per heavy atom. The predicted octanol–water partition coefficient (Wildman–Crippen LogP) is 5.94. The van der Waals surface area contributed by atoms with Gasteiger partial charge in [0.2, 0.25) is 6.79 Å². The first-order valence-electron chi connectivity index (χ1n) is 9.12. The molecule has 0 saturated heterocycles. The van der Waals surface area contributed by atoms with Gasteiger partial charge in [0.25, 0.3) is 5.91 Å². The molecule has 5 nitrogen and oxygen atoms in total. The van der Waals surface area contributed by atoms with Crippen LogP contribution in [0.15, 0.2) is 54.6 Å². The Morgan fingerprint density at radius 1 is 1.07 bits per heavy atom. The van der Waals surface area contributed by atoms with Crippen LogP contribution in [-0.4, -0.2) is 12.7 Å². The van der Waals surface area contributed by atoms with Crippen LogP contribution >= 0.6 is 23.2 Å². The monoisotopic (exact) mass is 438 g/mol. The summed E-state index contributed by atoms with van der Waals surface area (Å²) in [6.07, 6.45) is 0. The molecule has 0 aromatic heterocycles. The van der Waals surface area contributed by atoms with E-state index in [1.54, 1.807) is 48.5 Å². The molecule has 1 N–H and O–H groups in total. The quantitative estimate of drug-likeness (QED) is 0.546. The molecular weight excluding hydrogens is 423 g/mol. The maximum Gasteiger partial charge on any atom is 0.255 e. The third kappa shape index (κ3) is 3.93. The van der Waals surface area contributed by atoms with Crippen LogP contribution in [0.3, 0.4) is 0 Å². The Morgan fingerprint density at radius 3 is 2.53 bits per heavy atom. The van der Waals surface area contributed by atoms with Crippen molar-refractivity contribution in [3.63, 3.8) is 0 Å². The lowest BCUT2D eigenvalue weighted by atomic mass is 9.91. The first kappa shape index (κ1) is 20.1. The molecule has 1 aliphatic rings. The number of hydrogen-bond donors (Lipinski definition) is 1. The lowest BCUT2D eigenvalue weighted by Gasteiger charge is -2.16. The lowest BCUT2D eigenvalue weighted by Crippen LogP contribution is -2.13. The number of hydrogen-bond acceptors (Lipinski definition) is 4. The van der Waals surface area contributed by atoms with Crippen LogP contribution in [0.5, 0.6) is 11.5 Å². The Labute approximate surface area is 183 Å². The molecule has 150 valence electrons. The van der Waals surface area contributed by atoms with Crippen molar-refractivity contribution in [1.29, 1.82) is 5.26 Å². The molecule has 0 spiro atoms. The van der Waals surface area contributed by atoms with E-state index in [0.29, 0.717) is 38.4 Å². The van der Waals surface area contributed by atoms with Gasteiger partial charge in [-0.25, -0.2) is 0 Å². The van der Waals surface area contributed by atoms with Gasteiger partial charge >= 0.3 is 0 Å². The second-order valence-electron chi connectivity index (χ2n) is 6.82. The largest absolute Gasteiger partial charge is 0.454 e. The molecule has 0 bridgehead atoms. The molecule has 7 heteroatoms. The molecule has 30 heavy (non-hydrogen) atoms. The highest BCUT2D eigenvalue weighted by molar-refractivity contribution is 6.32. The average molecular weight is 439 g/mol. The summed E-state index contributed by atoms with van der Waals surface area (Å²) in [6, 6.07) is 17.9. The smallest absolute Gasteiger partial charge is 0.255 e. The van der Waals surface area contributed by atoms with E-state index in [-0.39, 0.29) is 12.7 Å². The minimum Gasteiger partial charge on any atom is -0.454 e. The van der Waals surface area contributed by atoms with Crippen LogP contribution in [-0.2, 0) is 0 Å². The van der Waals surface area contributed by atoms with Crippen LogP contribution in [0.25, 0.3) is 0 Å². The van der Waals surface area contributed by atoms with Gasteiger partial charge < -0.3 is 14.8 Å². The number of carbonyl (C=O) groups is 1. The van der Waals surface area contributed by atoms with E-state index in [2.05, 4.69) is 11.4 Å². The first-order valence-corrected chi connectivity index (χ1v) is 9.88. The SMILES string of the molecule is Cc1cc(C(C#N)c2ccc(Cl)cc2)c(Cl)cc1NC(=O)c1ccc2c(c1)OCO2. The Balaban J connectivity index is 1.60. The number of fused-ring (bicyclic) bond motifs is 1. The highest BCUT2D eigenvalue weighted by Gasteiger charge is 2.20. The molecule has 0 radical (unpaired) electrons. The molecule has 0 saturated carbocycles. The molecule has 1 atom stereocenters. The molecule has 1 heterocycles. The zero-order chi connectivity index (χ0) is 21.3. The topological polar surface area (TPSA) is 71.4 Å². The number of carbonyl (C=O) groups excluding carboxylic acids is 1. The van der Waals surface area contributed by atoms with Gasteiger partial charge in [-0.3, -0.25) is 4.79 Å². The molecule has 3 aromatic rings. The number of benzene rings is 3. The molecule has 3 aromatic carbocycles. The summed E-state index contributed by atoms with van der Waals surface area (Å²) < 4.78 is 10.6. The van der Waals surface area contributed by atoms with E-state index < -0.39 is 5.92 Å². The zero-order valence-electron chi connectivity index (χ0n) is 15.9. The van der Waals surface area contributed by atoms with Gasteiger partial charge in [-0.05, 0) is 60.0 Å². The summed E-state index contributed by atoms with van der Waals surface area (Å²) in [4.78, 5) is 12.7. The summed E-state index contributed by atoms with van der Waals surface area (Å²) in [6.45, 7) is 2.00. The summed E-state index contributed by atoms with van der Waals surface area (Å²) in [5, 5.41) is 13.6. The number of anilines is 1. The number of nitrogens with one attached hydrogen (secondary N) is 1. The number of amides is 1. The fourth-order valence-corrected chi connectivity index (χ4v) is 3.67. The Bertz CT molecular complexity index is 1170.